The molecule has 26 heavy (non-hydrogen) atoms. The Kier molecular flexibility index (Phi) is 4.93. The van der Waals surface area contributed by atoms with E-state index in [1.807, 2.05) is 6.20 Å². The van der Waals surface area contributed by atoms with Crippen LogP contribution in [0.5, 0.6) is 0 Å². The third kappa shape index (κ3) is 3.34. The van der Waals surface area contributed by atoms with Gasteiger partial charge in [0.1, 0.15) is 10.8 Å². The predicted molar refractivity (Wildman–Crippen MR) is 103 cm³/mol. The van der Waals surface area contributed by atoms with Crippen molar-refractivity contribution < 1.29 is 9.13 Å². The van der Waals surface area contributed by atoms with Gasteiger partial charge in [0.2, 0.25) is 0 Å². The quantitative estimate of drug-likeness (QED) is 0.843. The van der Waals surface area contributed by atoms with Crippen molar-refractivity contribution in [1.82, 2.24) is 15.2 Å². The molecule has 2 aliphatic heterocycles. The number of aromatic nitrogens is 1. The first-order valence-corrected chi connectivity index (χ1v) is 9.68. The average molecular weight is 374 g/mol. The number of fused-ring (bicyclic) bond motifs is 2. The van der Waals surface area contributed by atoms with Gasteiger partial charge < -0.3 is 20.3 Å². The van der Waals surface area contributed by atoms with E-state index in [9.17, 15) is 4.39 Å². The van der Waals surface area contributed by atoms with Crippen LogP contribution in [0, 0.1) is 12.7 Å². The maximum absolute atomic E-state index is 13.8. The average Bonchev–Trinajstić information content (AvgIpc) is 2.93. The summed E-state index contributed by atoms with van der Waals surface area (Å²) in [7, 11) is 1.73. The zero-order valence-corrected chi connectivity index (χ0v) is 15.8. The lowest BCUT2D eigenvalue weighted by molar-refractivity contribution is 0.166. The zero-order chi connectivity index (χ0) is 18.1. The molecule has 0 spiro atoms. The Bertz CT molecular complexity index is 926. The zero-order valence-electron chi connectivity index (χ0n) is 15.0. The minimum Gasteiger partial charge on any atom is -0.385 e. The summed E-state index contributed by atoms with van der Waals surface area (Å²) in [5.41, 5.74) is 2.23. The van der Waals surface area contributed by atoms with Gasteiger partial charge in [0.05, 0.1) is 17.2 Å². The lowest BCUT2D eigenvalue weighted by Crippen LogP contribution is -2.52. The van der Waals surface area contributed by atoms with E-state index in [1.54, 1.807) is 24.5 Å². The maximum Gasteiger partial charge on any atom is 0.142 e. The molecule has 2 N–H and O–H groups in total. The molecule has 2 aliphatic rings. The number of rotatable bonds is 4. The molecule has 0 amide bonds. The summed E-state index contributed by atoms with van der Waals surface area (Å²) in [5, 5.41) is 9.62. The standard InChI is InChI=1S/C19H23FN4OS/c1-12-7-16-18(24-5-4-21-15(11-24)3-6-25-2)17-13(8-14(20)10-22-17)9-23-19(16)26-12/h7-10,15,21,23H,3-6,11H2,1-2H3. The molecule has 4 heterocycles. The maximum atomic E-state index is 13.8. The molecular formula is C19H23FN4OS. The summed E-state index contributed by atoms with van der Waals surface area (Å²) in [6.07, 6.45) is 4.13. The lowest BCUT2D eigenvalue weighted by Gasteiger charge is -2.36. The van der Waals surface area contributed by atoms with Gasteiger partial charge >= 0.3 is 0 Å². The van der Waals surface area contributed by atoms with Crippen LogP contribution in [-0.2, 0) is 4.74 Å². The molecule has 0 bridgehead atoms. The molecule has 4 rings (SSSR count). The largest absolute Gasteiger partial charge is 0.385 e. The van der Waals surface area contributed by atoms with Gasteiger partial charge in [-0.3, -0.25) is 4.98 Å². The minimum atomic E-state index is -0.319. The number of hydrogen-bond acceptors (Lipinski definition) is 6. The molecule has 5 nitrogen and oxygen atoms in total. The second-order valence-corrected chi connectivity index (χ2v) is 7.96. The number of nitrogens with zero attached hydrogens (tertiary/aromatic N) is 2. The lowest BCUT2D eigenvalue weighted by atomic mass is 10.1. The highest BCUT2D eigenvalue weighted by Gasteiger charge is 2.26. The number of piperazine rings is 1. The summed E-state index contributed by atoms with van der Waals surface area (Å²) in [4.78, 5) is 8.09. The Balaban J connectivity index is 1.83. The van der Waals surface area contributed by atoms with Crippen molar-refractivity contribution in [3.63, 3.8) is 0 Å². The van der Waals surface area contributed by atoms with E-state index in [2.05, 4.69) is 33.5 Å². The van der Waals surface area contributed by atoms with Crippen LogP contribution >= 0.6 is 11.3 Å². The van der Waals surface area contributed by atoms with Gasteiger partial charge in [0.25, 0.3) is 0 Å². The number of hydrogen-bond donors (Lipinski definition) is 2. The van der Waals surface area contributed by atoms with Crippen molar-refractivity contribution in [3.8, 4) is 0 Å². The van der Waals surface area contributed by atoms with Gasteiger partial charge in [0.15, 0.2) is 0 Å². The van der Waals surface area contributed by atoms with E-state index in [0.717, 1.165) is 59.5 Å². The SMILES string of the molecule is COCCC1CN(C2=c3ncc(F)cc3=CNc3sc(C)cc32)CCN1. The molecule has 1 fully saturated rings. The molecule has 0 aromatic carbocycles. The summed E-state index contributed by atoms with van der Waals surface area (Å²) in [6.45, 7) is 5.52. The van der Waals surface area contributed by atoms with Crippen LogP contribution in [0.15, 0.2) is 18.3 Å². The number of anilines is 1. The number of halogens is 1. The van der Waals surface area contributed by atoms with Gasteiger partial charge in [-0.2, -0.15) is 0 Å². The number of ether oxygens (including phenoxy) is 1. The molecule has 0 radical (unpaired) electrons. The summed E-state index contributed by atoms with van der Waals surface area (Å²) >= 11 is 1.71. The van der Waals surface area contributed by atoms with Crippen molar-refractivity contribution in [2.45, 2.75) is 19.4 Å². The van der Waals surface area contributed by atoms with Crippen molar-refractivity contribution in [2.75, 3.05) is 38.7 Å². The number of aryl methyl sites for hydroxylation is 1. The molecule has 7 heteroatoms. The first-order valence-electron chi connectivity index (χ1n) is 8.86. The fourth-order valence-corrected chi connectivity index (χ4v) is 4.52. The summed E-state index contributed by atoms with van der Waals surface area (Å²) in [5.74, 6) is -0.319. The molecule has 1 atom stereocenters. The van der Waals surface area contributed by atoms with Crippen LogP contribution in [-0.4, -0.2) is 49.3 Å². The van der Waals surface area contributed by atoms with Crippen LogP contribution in [0.25, 0.3) is 11.9 Å². The Morgan fingerprint density at radius 2 is 2.31 bits per heavy atom. The van der Waals surface area contributed by atoms with E-state index in [-0.39, 0.29) is 5.82 Å². The number of thiophene rings is 1. The third-order valence-electron chi connectivity index (χ3n) is 4.82. The Hall–Kier alpha value is -1.96. The predicted octanol–water partition coefficient (Wildman–Crippen LogP) is 1.22. The van der Waals surface area contributed by atoms with E-state index in [0.29, 0.717) is 6.04 Å². The van der Waals surface area contributed by atoms with Gasteiger partial charge in [-0.05, 0) is 25.5 Å². The Morgan fingerprint density at radius 1 is 1.42 bits per heavy atom. The summed E-state index contributed by atoms with van der Waals surface area (Å²) < 4.78 is 19.0. The number of nitrogens with one attached hydrogen (secondary N) is 2. The monoisotopic (exact) mass is 374 g/mol. The molecule has 1 saturated heterocycles. The highest BCUT2D eigenvalue weighted by atomic mass is 32.1. The highest BCUT2D eigenvalue weighted by molar-refractivity contribution is 7.16. The van der Waals surface area contributed by atoms with E-state index in [4.69, 9.17) is 4.74 Å². The van der Waals surface area contributed by atoms with Crippen molar-refractivity contribution in [1.29, 1.82) is 0 Å². The van der Waals surface area contributed by atoms with E-state index in [1.165, 1.54) is 11.1 Å². The van der Waals surface area contributed by atoms with Crippen LogP contribution in [0.2, 0.25) is 0 Å². The van der Waals surface area contributed by atoms with Crippen molar-refractivity contribution in [3.05, 3.63) is 45.2 Å². The van der Waals surface area contributed by atoms with Gasteiger partial charge in [-0.25, -0.2) is 4.39 Å². The molecular weight excluding hydrogens is 351 g/mol. The molecule has 0 aliphatic carbocycles. The van der Waals surface area contributed by atoms with E-state index >= 15 is 0 Å². The topological polar surface area (TPSA) is 49.4 Å². The van der Waals surface area contributed by atoms with Crippen molar-refractivity contribution in [2.24, 2.45) is 0 Å². The van der Waals surface area contributed by atoms with Gasteiger partial charge in [-0.1, -0.05) is 0 Å². The van der Waals surface area contributed by atoms with Crippen LogP contribution < -0.4 is 21.2 Å². The van der Waals surface area contributed by atoms with Crippen LogP contribution in [0.4, 0.5) is 9.39 Å². The van der Waals surface area contributed by atoms with Crippen LogP contribution in [0.3, 0.4) is 0 Å². The molecule has 138 valence electrons. The second-order valence-electron chi connectivity index (χ2n) is 6.71. The first-order chi connectivity index (χ1) is 12.7. The molecule has 0 saturated carbocycles. The summed E-state index contributed by atoms with van der Waals surface area (Å²) in [6, 6.07) is 4.11. The fourth-order valence-electron chi connectivity index (χ4n) is 3.63. The Labute approximate surface area is 156 Å². The molecule has 2 aromatic rings. The molecule has 1 unspecified atom stereocenters. The Morgan fingerprint density at radius 3 is 3.15 bits per heavy atom. The van der Waals surface area contributed by atoms with Crippen LogP contribution in [0.1, 0.15) is 16.9 Å². The first kappa shape index (κ1) is 17.5. The van der Waals surface area contributed by atoms with E-state index < -0.39 is 0 Å². The normalized spacial score (nSPS) is 19.3. The molecule has 2 aromatic heterocycles. The number of methoxy groups -OCH3 is 1. The second kappa shape index (κ2) is 7.34. The van der Waals surface area contributed by atoms with Gasteiger partial charge in [0, 0.05) is 61.3 Å². The third-order valence-corrected chi connectivity index (χ3v) is 5.80. The van der Waals surface area contributed by atoms with Gasteiger partial charge in [-0.15, -0.1) is 11.3 Å². The smallest absolute Gasteiger partial charge is 0.142 e. The van der Waals surface area contributed by atoms with Crippen molar-refractivity contribution >= 4 is 28.2 Å². The fraction of sp³-hybridized carbons (Fsp3) is 0.421. The number of pyridine rings is 1. The minimum absolute atomic E-state index is 0.319. The highest BCUT2D eigenvalue weighted by Crippen LogP contribution is 2.34.